The van der Waals surface area contributed by atoms with E-state index in [1.807, 2.05) is 6.07 Å². The second-order valence-corrected chi connectivity index (χ2v) is 3.36. The minimum Gasteiger partial charge on any atom is -0.345 e. The Bertz CT molecular complexity index is 427. The number of rotatable bonds is 1. The van der Waals surface area contributed by atoms with Gasteiger partial charge in [-0.2, -0.15) is 5.26 Å². The van der Waals surface area contributed by atoms with Gasteiger partial charge in [0.05, 0.1) is 6.07 Å². The van der Waals surface area contributed by atoms with E-state index in [0.717, 1.165) is 18.2 Å². The van der Waals surface area contributed by atoms with Gasteiger partial charge in [-0.3, -0.25) is 0 Å². The maximum Gasteiger partial charge on any atom is 0.178 e. The summed E-state index contributed by atoms with van der Waals surface area (Å²) in [6.07, 6.45) is -0.682. The standard InChI is InChI=1S/C10H7F2NO/c1-10(9(5-13)14-10)7-4-6(11)2-3-8(7)12/h2-4,9H,1H3. The van der Waals surface area contributed by atoms with Crippen LogP contribution in [0.3, 0.4) is 0 Å². The van der Waals surface area contributed by atoms with Crippen molar-refractivity contribution in [3.05, 3.63) is 35.4 Å². The third kappa shape index (κ3) is 1.17. The number of hydrogen-bond acceptors (Lipinski definition) is 2. The first-order valence-corrected chi connectivity index (χ1v) is 4.11. The quantitative estimate of drug-likeness (QED) is 0.643. The van der Waals surface area contributed by atoms with Crippen LogP contribution in [0.5, 0.6) is 0 Å². The molecule has 1 saturated heterocycles. The lowest BCUT2D eigenvalue weighted by molar-refractivity contribution is 0.313. The topological polar surface area (TPSA) is 36.3 Å². The van der Waals surface area contributed by atoms with E-state index in [0.29, 0.717) is 0 Å². The SMILES string of the molecule is CC1(c2cc(F)ccc2F)OC1C#N. The van der Waals surface area contributed by atoms with Gasteiger partial charge in [0, 0.05) is 5.56 Å². The Morgan fingerprint density at radius 3 is 2.79 bits per heavy atom. The predicted molar refractivity (Wildman–Crippen MR) is 44.2 cm³/mol. The molecule has 0 amide bonds. The molecular weight excluding hydrogens is 188 g/mol. The smallest absolute Gasteiger partial charge is 0.178 e. The molecule has 1 heterocycles. The summed E-state index contributed by atoms with van der Waals surface area (Å²) in [5.41, 5.74) is -0.884. The van der Waals surface area contributed by atoms with Gasteiger partial charge in [0.25, 0.3) is 0 Å². The first-order valence-electron chi connectivity index (χ1n) is 4.11. The van der Waals surface area contributed by atoms with Crippen LogP contribution in [-0.4, -0.2) is 6.10 Å². The lowest BCUT2D eigenvalue weighted by Crippen LogP contribution is -2.09. The second-order valence-electron chi connectivity index (χ2n) is 3.36. The summed E-state index contributed by atoms with van der Waals surface area (Å²) in [5.74, 6) is -1.08. The number of epoxide rings is 1. The van der Waals surface area contributed by atoms with Gasteiger partial charge < -0.3 is 4.74 Å². The molecule has 0 N–H and O–H groups in total. The molecule has 0 aliphatic carbocycles. The maximum atomic E-state index is 13.3. The highest BCUT2D eigenvalue weighted by molar-refractivity contribution is 5.33. The molecule has 2 nitrogen and oxygen atoms in total. The Kier molecular flexibility index (Phi) is 1.79. The van der Waals surface area contributed by atoms with Crippen molar-refractivity contribution >= 4 is 0 Å². The van der Waals surface area contributed by atoms with Crippen LogP contribution in [-0.2, 0) is 10.3 Å². The Hall–Kier alpha value is -1.47. The highest BCUT2D eigenvalue weighted by atomic mass is 19.1. The second kappa shape index (κ2) is 2.76. The van der Waals surface area contributed by atoms with Crippen LogP contribution >= 0.6 is 0 Å². The molecule has 1 aliphatic rings. The molecule has 2 atom stereocenters. The summed E-state index contributed by atoms with van der Waals surface area (Å²) in [4.78, 5) is 0. The molecular formula is C10H7F2NO. The van der Waals surface area contributed by atoms with Gasteiger partial charge in [0.2, 0.25) is 0 Å². The van der Waals surface area contributed by atoms with Crippen LogP contribution < -0.4 is 0 Å². The Labute approximate surface area is 79.7 Å². The molecule has 1 aromatic carbocycles. The number of halogens is 2. The van der Waals surface area contributed by atoms with E-state index in [4.69, 9.17) is 10.00 Å². The minimum atomic E-state index is -0.985. The van der Waals surface area contributed by atoms with Gasteiger partial charge in [-0.15, -0.1) is 0 Å². The highest BCUT2D eigenvalue weighted by Gasteiger charge is 2.55. The van der Waals surface area contributed by atoms with Crippen molar-refractivity contribution in [1.82, 2.24) is 0 Å². The summed E-state index contributed by atoms with van der Waals surface area (Å²) < 4.78 is 31.1. The average molecular weight is 195 g/mol. The van der Waals surface area contributed by atoms with Crippen molar-refractivity contribution in [1.29, 1.82) is 5.26 Å². The third-order valence-corrected chi connectivity index (χ3v) is 2.39. The molecule has 72 valence electrons. The van der Waals surface area contributed by atoms with Gasteiger partial charge in [-0.25, -0.2) is 8.78 Å². The van der Waals surface area contributed by atoms with Crippen molar-refractivity contribution in [3.8, 4) is 6.07 Å². The molecule has 1 fully saturated rings. The van der Waals surface area contributed by atoms with Crippen molar-refractivity contribution in [2.24, 2.45) is 0 Å². The van der Waals surface area contributed by atoms with Crippen LogP contribution in [0.2, 0.25) is 0 Å². The molecule has 0 saturated carbocycles. The lowest BCUT2D eigenvalue weighted by atomic mass is 9.97. The van der Waals surface area contributed by atoms with Crippen LogP contribution in [0.25, 0.3) is 0 Å². The van der Waals surface area contributed by atoms with Crippen molar-refractivity contribution in [2.45, 2.75) is 18.6 Å². The summed E-state index contributed by atoms with van der Waals surface area (Å²) in [6, 6.07) is 4.99. The monoisotopic (exact) mass is 195 g/mol. The number of nitriles is 1. The number of nitrogens with zero attached hydrogens (tertiary/aromatic N) is 1. The van der Waals surface area contributed by atoms with E-state index in [-0.39, 0.29) is 5.56 Å². The zero-order valence-corrected chi connectivity index (χ0v) is 7.42. The molecule has 0 radical (unpaired) electrons. The molecule has 1 aromatic rings. The molecule has 2 rings (SSSR count). The van der Waals surface area contributed by atoms with Crippen LogP contribution in [0.1, 0.15) is 12.5 Å². The van der Waals surface area contributed by atoms with E-state index >= 15 is 0 Å². The van der Waals surface area contributed by atoms with E-state index in [1.54, 1.807) is 6.92 Å². The lowest BCUT2D eigenvalue weighted by Gasteiger charge is -2.06. The zero-order chi connectivity index (χ0) is 10.3. The van der Waals surface area contributed by atoms with Gasteiger partial charge >= 0.3 is 0 Å². The largest absolute Gasteiger partial charge is 0.345 e. The Morgan fingerprint density at radius 2 is 2.21 bits per heavy atom. The molecule has 1 aliphatic heterocycles. The highest BCUT2D eigenvalue weighted by Crippen LogP contribution is 2.46. The predicted octanol–water partition coefficient (Wildman–Crippen LogP) is 2.10. The fraction of sp³-hybridized carbons (Fsp3) is 0.300. The van der Waals surface area contributed by atoms with E-state index < -0.39 is 23.3 Å². The first kappa shape index (κ1) is 9.10. The van der Waals surface area contributed by atoms with Crippen molar-refractivity contribution < 1.29 is 13.5 Å². The fourth-order valence-electron chi connectivity index (χ4n) is 1.44. The van der Waals surface area contributed by atoms with Gasteiger partial charge in [-0.05, 0) is 25.1 Å². The van der Waals surface area contributed by atoms with E-state index in [9.17, 15) is 8.78 Å². The summed E-state index contributed by atoms with van der Waals surface area (Å²) >= 11 is 0. The van der Waals surface area contributed by atoms with Gasteiger partial charge in [0.1, 0.15) is 17.2 Å². The van der Waals surface area contributed by atoms with E-state index in [2.05, 4.69) is 0 Å². The van der Waals surface area contributed by atoms with Crippen LogP contribution in [0.4, 0.5) is 8.78 Å². The Morgan fingerprint density at radius 1 is 1.50 bits per heavy atom. The third-order valence-electron chi connectivity index (χ3n) is 2.39. The first-order chi connectivity index (χ1) is 6.58. The van der Waals surface area contributed by atoms with Gasteiger partial charge in [-0.1, -0.05) is 0 Å². The summed E-state index contributed by atoms with van der Waals surface area (Å²) in [7, 11) is 0. The molecule has 0 bridgehead atoms. The Balaban J connectivity index is 2.44. The molecule has 0 aromatic heterocycles. The van der Waals surface area contributed by atoms with Crippen molar-refractivity contribution in [3.63, 3.8) is 0 Å². The summed E-state index contributed by atoms with van der Waals surface area (Å²) in [5, 5.41) is 8.57. The number of ether oxygens (including phenoxy) is 1. The normalized spacial score (nSPS) is 29.7. The fourth-order valence-corrected chi connectivity index (χ4v) is 1.44. The molecule has 14 heavy (non-hydrogen) atoms. The maximum absolute atomic E-state index is 13.3. The van der Waals surface area contributed by atoms with Crippen molar-refractivity contribution in [2.75, 3.05) is 0 Å². The molecule has 0 spiro atoms. The molecule has 4 heteroatoms. The number of benzene rings is 1. The number of hydrogen-bond donors (Lipinski definition) is 0. The van der Waals surface area contributed by atoms with E-state index in [1.165, 1.54) is 0 Å². The molecule has 2 unspecified atom stereocenters. The zero-order valence-electron chi connectivity index (χ0n) is 7.42. The minimum absolute atomic E-state index is 0.101. The van der Waals surface area contributed by atoms with Crippen LogP contribution in [0, 0.1) is 23.0 Å². The summed E-state index contributed by atoms with van der Waals surface area (Å²) in [6.45, 7) is 1.57. The van der Waals surface area contributed by atoms with Crippen LogP contribution in [0.15, 0.2) is 18.2 Å². The van der Waals surface area contributed by atoms with Gasteiger partial charge in [0.15, 0.2) is 6.10 Å². The average Bonchev–Trinajstić information content (AvgIpc) is 2.83.